The van der Waals surface area contributed by atoms with E-state index in [1.807, 2.05) is 18.2 Å². The second kappa shape index (κ2) is 3.96. The minimum Gasteiger partial charge on any atom is -0.461 e. The molecule has 0 amide bonds. The number of para-hydroxylation sites is 1. The summed E-state index contributed by atoms with van der Waals surface area (Å²) in [6.07, 6.45) is 0.708. The third-order valence-electron chi connectivity index (χ3n) is 3.75. The third kappa shape index (κ3) is 1.37. The average Bonchev–Trinajstić information content (AvgIpc) is 3.08. The fraction of sp³-hybridized carbons (Fsp3) is 0.200. The molecule has 0 spiro atoms. The molecule has 0 saturated carbocycles. The maximum absolute atomic E-state index is 11.9. The number of rotatable bonds is 2. The van der Waals surface area contributed by atoms with E-state index in [9.17, 15) is 4.79 Å². The van der Waals surface area contributed by atoms with Crippen molar-refractivity contribution in [2.75, 3.05) is 6.61 Å². The first-order valence-corrected chi connectivity index (χ1v) is 6.64. The number of aromatic amines is 2. The van der Waals surface area contributed by atoms with Gasteiger partial charge in [-0.15, -0.1) is 0 Å². The zero-order valence-electron chi connectivity index (χ0n) is 11.0. The largest absolute Gasteiger partial charge is 0.461 e. The van der Waals surface area contributed by atoms with Gasteiger partial charge in [0.05, 0.1) is 12.3 Å². The van der Waals surface area contributed by atoms with Crippen molar-refractivity contribution in [2.24, 2.45) is 0 Å². The summed E-state index contributed by atoms with van der Waals surface area (Å²) in [4.78, 5) is 15.3. The topological polar surface area (TPSA) is 70.8 Å². The van der Waals surface area contributed by atoms with Crippen molar-refractivity contribution in [1.82, 2.24) is 15.2 Å². The van der Waals surface area contributed by atoms with Crippen LogP contribution in [-0.4, -0.2) is 27.8 Å². The van der Waals surface area contributed by atoms with Crippen LogP contribution in [0.1, 0.15) is 28.5 Å². The summed E-state index contributed by atoms with van der Waals surface area (Å²) >= 11 is 0. The SMILES string of the molecule is CCOC(=O)c1[nH]nc2c1Cc1c-2[nH]c2ccccc12. The van der Waals surface area contributed by atoms with Crippen LogP contribution in [0.2, 0.25) is 0 Å². The van der Waals surface area contributed by atoms with Gasteiger partial charge in [0.25, 0.3) is 0 Å². The fourth-order valence-corrected chi connectivity index (χ4v) is 2.88. The normalized spacial score (nSPS) is 12.4. The van der Waals surface area contributed by atoms with Crippen LogP contribution >= 0.6 is 0 Å². The molecule has 0 aliphatic heterocycles. The molecule has 1 aromatic carbocycles. The number of fused-ring (bicyclic) bond motifs is 5. The standard InChI is InChI=1S/C15H13N3O2/c1-2-20-15(19)14-10-7-9-8-5-3-4-6-11(8)16-12(9)13(10)17-18-14/h3-6,16H,2,7H2,1H3,(H,17,18). The van der Waals surface area contributed by atoms with Gasteiger partial charge in [0.15, 0.2) is 0 Å². The van der Waals surface area contributed by atoms with E-state index < -0.39 is 0 Å². The van der Waals surface area contributed by atoms with Crippen LogP contribution in [0.4, 0.5) is 0 Å². The Hall–Kier alpha value is -2.56. The van der Waals surface area contributed by atoms with E-state index in [-0.39, 0.29) is 5.97 Å². The molecule has 100 valence electrons. The van der Waals surface area contributed by atoms with Crippen molar-refractivity contribution in [3.63, 3.8) is 0 Å². The Morgan fingerprint density at radius 3 is 3.05 bits per heavy atom. The van der Waals surface area contributed by atoms with E-state index in [1.54, 1.807) is 6.92 Å². The number of H-pyrrole nitrogens is 2. The number of aromatic nitrogens is 3. The van der Waals surface area contributed by atoms with Gasteiger partial charge in [0.1, 0.15) is 11.4 Å². The molecule has 3 aromatic rings. The average molecular weight is 267 g/mol. The molecular weight excluding hydrogens is 254 g/mol. The fourth-order valence-electron chi connectivity index (χ4n) is 2.88. The molecule has 0 bridgehead atoms. The van der Waals surface area contributed by atoms with E-state index in [0.717, 1.165) is 22.5 Å². The summed E-state index contributed by atoms with van der Waals surface area (Å²) in [5, 5.41) is 8.27. The van der Waals surface area contributed by atoms with Gasteiger partial charge >= 0.3 is 5.97 Å². The minimum absolute atomic E-state index is 0.337. The van der Waals surface area contributed by atoms with Gasteiger partial charge in [0, 0.05) is 22.9 Å². The van der Waals surface area contributed by atoms with Crippen LogP contribution in [0.5, 0.6) is 0 Å². The summed E-state index contributed by atoms with van der Waals surface area (Å²) in [6.45, 7) is 2.16. The Labute approximate surface area is 115 Å². The molecule has 2 heterocycles. The number of benzene rings is 1. The smallest absolute Gasteiger partial charge is 0.356 e. The molecule has 20 heavy (non-hydrogen) atoms. The Kier molecular flexibility index (Phi) is 2.24. The first-order chi connectivity index (χ1) is 9.79. The van der Waals surface area contributed by atoms with Crippen molar-refractivity contribution in [1.29, 1.82) is 0 Å². The van der Waals surface area contributed by atoms with E-state index in [1.165, 1.54) is 10.9 Å². The first-order valence-electron chi connectivity index (χ1n) is 6.64. The van der Waals surface area contributed by atoms with E-state index in [0.29, 0.717) is 18.7 Å². The molecule has 5 heteroatoms. The summed E-state index contributed by atoms with van der Waals surface area (Å²) in [7, 11) is 0. The summed E-state index contributed by atoms with van der Waals surface area (Å²) in [6, 6.07) is 8.16. The highest BCUT2D eigenvalue weighted by Crippen LogP contribution is 2.40. The molecule has 5 nitrogen and oxygen atoms in total. The summed E-state index contributed by atoms with van der Waals surface area (Å²) in [5.41, 5.74) is 5.54. The van der Waals surface area contributed by atoms with Crippen LogP contribution in [0.15, 0.2) is 24.3 Å². The third-order valence-corrected chi connectivity index (χ3v) is 3.75. The number of esters is 1. The Balaban J connectivity index is 1.86. The van der Waals surface area contributed by atoms with Crippen molar-refractivity contribution in [3.05, 3.63) is 41.1 Å². The first kappa shape index (κ1) is 11.3. The van der Waals surface area contributed by atoms with Gasteiger partial charge < -0.3 is 9.72 Å². The molecule has 2 aromatic heterocycles. The maximum atomic E-state index is 11.9. The van der Waals surface area contributed by atoms with E-state index in [2.05, 4.69) is 21.2 Å². The van der Waals surface area contributed by atoms with Crippen molar-refractivity contribution in [2.45, 2.75) is 13.3 Å². The summed E-state index contributed by atoms with van der Waals surface area (Å²) in [5.74, 6) is -0.337. The summed E-state index contributed by atoms with van der Waals surface area (Å²) < 4.78 is 5.05. The predicted molar refractivity (Wildman–Crippen MR) is 74.6 cm³/mol. The lowest BCUT2D eigenvalue weighted by Gasteiger charge is -2.00. The predicted octanol–water partition coefficient (Wildman–Crippen LogP) is 2.64. The quantitative estimate of drug-likeness (QED) is 0.548. The molecule has 0 atom stereocenters. The van der Waals surface area contributed by atoms with Gasteiger partial charge in [-0.25, -0.2) is 4.79 Å². The number of carbonyl (C=O) groups is 1. The molecule has 4 rings (SSSR count). The van der Waals surface area contributed by atoms with Crippen LogP contribution in [0.3, 0.4) is 0 Å². The molecule has 0 fully saturated rings. The van der Waals surface area contributed by atoms with Crippen LogP contribution in [-0.2, 0) is 11.2 Å². The molecule has 0 radical (unpaired) electrons. The Morgan fingerprint density at radius 2 is 2.20 bits per heavy atom. The molecule has 1 aliphatic carbocycles. The van der Waals surface area contributed by atoms with Crippen LogP contribution in [0.25, 0.3) is 22.3 Å². The Morgan fingerprint density at radius 1 is 1.35 bits per heavy atom. The zero-order valence-corrected chi connectivity index (χ0v) is 11.0. The monoisotopic (exact) mass is 267 g/mol. The number of carbonyl (C=O) groups excluding carboxylic acids is 1. The van der Waals surface area contributed by atoms with Gasteiger partial charge in [0.2, 0.25) is 0 Å². The number of hydrogen-bond donors (Lipinski definition) is 2. The Bertz CT molecular complexity index is 829. The van der Waals surface area contributed by atoms with Crippen molar-refractivity contribution in [3.8, 4) is 11.4 Å². The lowest BCUT2D eigenvalue weighted by Crippen LogP contribution is -2.07. The second-order valence-electron chi connectivity index (χ2n) is 4.85. The van der Waals surface area contributed by atoms with Gasteiger partial charge in [-0.2, -0.15) is 5.10 Å². The van der Waals surface area contributed by atoms with Crippen molar-refractivity contribution < 1.29 is 9.53 Å². The van der Waals surface area contributed by atoms with Gasteiger partial charge in [-0.1, -0.05) is 18.2 Å². The van der Waals surface area contributed by atoms with Crippen molar-refractivity contribution >= 4 is 16.9 Å². The maximum Gasteiger partial charge on any atom is 0.356 e. The molecular formula is C15H13N3O2. The highest BCUT2D eigenvalue weighted by atomic mass is 16.5. The van der Waals surface area contributed by atoms with Crippen LogP contribution < -0.4 is 0 Å². The van der Waals surface area contributed by atoms with E-state index in [4.69, 9.17) is 4.74 Å². The number of nitrogens with one attached hydrogen (secondary N) is 2. The highest BCUT2D eigenvalue weighted by molar-refractivity contribution is 5.97. The second-order valence-corrected chi connectivity index (χ2v) is 4.85. The lowest BCUT2D eigenvalue weighted by atomic mass is 10.1. The lowest BCUT2D eigenvalue weighted by molar-refractivity contribution is 0.0518. The molecule has 0 saturated heterocycles. The van der Waals surface area contributed by atoms with Gasteiger partial charge in [-0.3, -0.25) is 5.10 Å². The van der Waals surface area contributed by atoms with Gasteiger partial charge in [-0.05, 0) is 18.6 Å². The highest BCUT2D eigenvalue weighted by Gasteiger charge is 2.30. The zero-order chi connectivity index (χ0) is 13.7. The molecule has 1 aliphatic rings. The minimum atomic E-state index is -0.337. The van der Waals surface area contributed by atoms with Crippen LogP contribution in [0, 0.1) is 0 Å². The molecule has 2 N–H and O–H groups in total. The number of hydrogen-bond acceptors (Lipinski definition) is 3. The molecule has 0 unspecified atom stereocenters. The van der Waals surface area contributed by atoms with E-state index >= 15 is 0 Å². The number of ether oxygens (including phenoxy) is 1. The number of nitrogens with zero attached hydrogens (tertiary/aromatic N) is 1.